The van der Waals surface area contributed by atoms with Gasteiger partial charge in [0.25, 0.3) is 0 Å². The fourth-order valence-corrected chi connectivity index (χ4v) is 5.87. The molecule has 0 aliphatic heterocycles. The van der Waals surface area contributed by atoms with Gasteiger partial charge in [-0.1, -0.05) is 97.1 Å². The molecular formula is C34H22O5. The number of phenols is 5. The highest BCUT2D eigenvalue weighted by molar-refractivity contribution is 6.26. The third-order valence-corrected chi connectivity index (χ3v) is 7.59. The highest BCUT2D eigenvalue weighted by Gasteiger charge is 2.28. The molecule has 0 aliphatic rings. The van der Waals surface area contributed by atoms with E-state index in [0.29, 0.717) is 16.3 Å². The summed E-state index contributed by atoms with van der Waals surface area (Å²) in [6.07, 6.45) is 0. The predicted octanol–water partition coefficient (Wildman–Crippen LogP) is 8.16. The molecule has 7 aromatic carbocycles. The van der Waals surface area contributed by atoms with Crippen molar-refractivity contribution in [2.75, 3.05) is 0 Å². The fraction of sp³-hybridized carbons (Fsp3) is 0. The summed E-state index contributed by atoms with van der Waals surface area (Å²) >= 11 is 0. The first kappa shape index (κ1) is 22.8. The number of benzene rings is 7. The molecule has 5 nitrogen and oxygen atoms in total. The molecule has 0 spiro atoms. The summed E-state index contributed by atoms with van der Waals surface area (Å²) in [6.45, 7) is 0. The van der Waals surface area contributed by atoms with Gasteiger partial charge in [0.1, 0.15) is 0 Å². The van der Waals surface area contributed by atoms with Crippen LogP contribution in [-0.4, -0.2) is 25.5 Å². The standard InChI is InChI=1S/C34H22O5/c35-30-29(31(36)33(38)34(39)32(30)37)28-24-15-7-5-13-22(24)27(23-14-6-8-16-25(23)28)26-17-18-9-1-2-10-19(18)20-11-3-4-12-21(20)26/h1-17,35-39H. The smallest absolute Gasteiger partial charge is 0.208 e. The minimum Gasteiger partial charge on any atom is -0.504 e. The maximum Gasteiger partial charge on any atom is 0.208 e. The molecule has 0 radical (unpaired) electrons. The quantitative estimate of drug-likeness (QED) is 0.0699. The molecule has 0 amide bonds. The maximum atomic E-state index is 10.9. The van der Waals surface area contributed by atoms with Gasteiger partial charge in [0.15, 0.2) is 11.5 Å². The minimum absolute atomic E-state index is 0.162. The van der Waals surface area contributed by atoms with Crippen LogP contribution < -0.4 is 0 Å². The third kappa shape index (κ3) is 3.14. The van der Waals surface area contributed by atoms with Gasteiger partial charge >= 0.3 is 0 Å². The van der Waals surface area contributed by atoms with Crippen LogP contribution in [0.5, 0.6) is 28.7 Å². The Bertz CT molecular complexity index is 2040. The van der Waals surface area contributed by atoms with Crippen molar-refractivity contribution >= 4 is 43.1 Å². The monoisotopic (exact) mass is 510 g/mol. The van der Waals surface area contributed by atoms with Crippen molar-refractivity contribution in [2.45, 2.75) is 0 Å². The van der Waals surface area contributed by atoms with E-state index < -0.39 is 28.7 Å². The van der Waals surface area contributed by atoms with Gasteiger partial charge in [0.05, 0.1) is 5.56 Å². The SMILES string of the molecule is Oc1c(O)c(O)c(-c2c3ccccc3c(-c3cc4ccccc4c4ccccc34)c3ccccc23)c(O)c1O. The first-order valence-corrected chi connectivity index (χ1v) is 12.5. The van der Waals surface area contributed by atoms with Gasteiger partial charge in [-0.2, -0.15) is 0 Å². The van der Waals surface area contributed by atoms with Gasteiger partial charge in [0.2, 0.25) is 17.2 Å². The second-order valence-electron chi connectivity index (χ2n) is 9.65. The van der Waals surface area contributed by atoms with E-state index in [2.05, 4.69) is 30.3 Å². The Kier molecular flexibility index (Phi) is 4.84. The van der Waals surface area contributed by atoms with Crippen molar-refractivity contribution in [1.29, 1.82) is 0 Å². The Morgan fingerprint density at radius 3 is 1.23 bits per heavy atom. The Labute approximate surface area is 222 Å². The second-order valence-corrected chi connectivity index (χ2v) is 9.65. The Balaban J connectivity index is 1.72. The lowest BCUT2D eigenvalue weighted by Crippen LogP contribution is -1.93. The highest BCUT2D eigenvalue weighted by Crippen LogP contribution is 2.58. The van der Waals surface area contributed by atoms with Gasteiger partial charge in [-0.15, -0.1) is 0 Å². The van der Waals surface area contributed by atoms with Gasteiger partial charge in [-0.25, -0.2) is 0 Å². The second kappa shape index (κ2) is 8.30. The summed E-state index contributed by atoms with van der Waals surface area (Å²) in [5.74, 6) is -4.23. The first-order chi connectivity index (χ1) is 19.0. The molecule has 188 valence electrons. The van der Waals surface area contributed by atoms with Gasteiger partial charge in [-0.3, -0.25) is 0 Å². The molecule has 39 heavy (non-hydrogen) atoms. The average molecular weight is 511 g/mol. The van der Waals surface area contributed by atoms with Crippen LogP contribution in [0.2, 0.25) is 0 Å². The van der Waals surface area contributed by atoms with Crippen LogP contribution in [-0.2, 0) is 0 Å². The summed E-state index contributed by atoms with van der Waals surface area (Å²) in [5, 5.41) is 60.2. The molecule has 0 heterocycles. The predicted molar refractivity (Wildman–Crippen MR) is 156 cm³/mol. The van der Waals surface area contributed by atoms with E-state index in [-0.39, 0.29) is 5.56 Å². The van der Waals surface area contributed by atoms with Crippen LogP contribution in [0, 0.1) is 0 Å². The van der Waals surface area contributed by atoms with Crippen molar-refractivity contribution in [3.8, 4) is 51.0 Å². The molecule has 0 aromatic heterocycles. The largest absolute Gasteiger partial charge is 0.504 e. The number of fused-ring (bicyclic) bond motifs is 5. The Hall–Kier alpha value is -5.42. The van der Waals surface area contributed by atoms with E-state index in [1.54, 1.807) is 0 Å². The molecule has 0 saturated carbocycles. The number of aromatic hydroxyl groups is 5. The molecule has 0 fully saturated rings. The molecule has 7 aromatic rings. The van der Waals surface area contributed by atoms with Crippen LogP contribution in [0.1, 0.15) is 0 Å². The van der Waals surface area contributed by atoms with E-state index in [4.69, 9.17) is 0 Å². The van der Waals surface area contributed by atoms with Crippen LogP contribution >= 0.6 is 0 Å². The molecular weight excluding hydrogens is 488 g/mol. The molecule has 5 heteroatoms. The van der Waals surface area contributed by atoms with Crippen LogP contribution in [0.4, 0.5) is 0 Å². The number of hydrogen-bond donors (Lipinski definition) is 5. The molecule has 0 atom stereocenters. The first-order valence-electron chi connectivity index (χ1n) is 12.5. The summed E-state index contributed by atoms with van der Waals surface area (Å²) < 4.78 is 0. The summed E-state index contributed by atoms with van der Waals surface area (Å²) in [7, 11) is 0. The van der Waals surface area contributed by atoms with Crippen LogP contribution in [0.15, 0.2) is 103 Å². The lowest BCUT2D eigenvalue weighted by Gasteiger charge is -2.21. The van der Waals surface area contributed by atoms with E-state index in [1.807, 2.05) is 72.8 Å². The molecule has 0 bridgehead atoms. The van der Waals surface area contributed by atoms with E-state index in [1.165, 1.54) is 0 Å². The van der Waals surface area contributed by atoms with Gasteiger partial charge < -0.3 is 25.5 Å². The number of rotatable bonds is 2. The van der Waals surface area contributed by atoms with Crippen molar-refractivity contribution < 1.29 is 25.5 Å². The zero-order valence-electron chi connectivity index (χ0n) is 20.6. The summed E-state index contributed by atoms with van der Waals surface area (Å²) in [5.41, 5.74) is 2.28. The number of hydrogen-bond acceptors (Lipinski definition) is 5. The van der Waals surface area contributed by atoms with Crippen LogP contribution in [0.25, 0.3) is 65.3 Å². The average Bonchev–Trinajstić information content (AvgIpc) is 2.98. The maximum absolute atomic E-state index is 10.9. The third-order valence-electron chi connectivity index (χ3n) is 7.59. The summed E-state index contributed by atoms with van der Waals surface area (Å²) in [4.78, 5) is 0. The van der Waals surface area contributed by atoms with Crippen molar-refractivity contribution in [3.05, 3.63) is 103 Å². The lowest BCUT2D eigenvalue weighted by molar-refractivity contribution is 0.330. The van der Waals surface area contributed by atoms with Crippen molar-refractivity contribution in [1.82, 2.24) is 0 Å². The summed E-state index contributed by atoms with van der Waals surface area (Å²) in [6, 6.07) is 34.1. The zero-order valence-corrected chi connectivity index (χ0v) is 20.6. The van der Waals surface area contributed by atoms with Gasteiger partial charge in [0, 0.05) is 5.56 Å². The minimum atomic E-state index is -0.985. The fourth-order valence-electron chi connectivity index (χ4n) is 5.87. The van der Waals surface area contributed by atoms with Crippen molar-refractivity contribution in [3.63, 3.8) is 0 Å². The van der Waals surface area contributed by atoms with E-state index >= 15 is 0 Å². The van der Waals surface area contributed by atoms with E-state index in [9.17, 15) is 25.5 Å². The topological polar surface area (TPSA) is 101 Å². The van der Waals surface area contributed by atoms with Crippen molar-refractivity contribution in [2.24, 2.45) is 0 Å². The normalized spacial score (nSPS) is 11.6. The Morgan fingerprint density at radius 1 is 0.308 bits per heavy atom. The Morgan fingerprint density at radius 2 is 0.692 bits per heavy atom. The van der Waals surface area contributed by atoms with Gasteiger partial charge in [-0.05, 0) is 60.3 Å². The van der Waals surface area contributed by atoms with Crippen LogP contribution in [0.3, 0.4) is 0 Å². The molecule has 5 N–H and O–H groups in total. The lowest BCUT2D eigenvalue weighted by atomic mass is 9.83. The molecule has 0 aliphatic carbocycles. The number of phenolic OH excluding ortho intramolecular Hbond substituents is 5. The zero-order chi connectivity index (χ0) is 26.8. The van der Waals surface area contributed by atoms with E-state index in [0.717, 1.165) is 43.4 Å². The molecule has 0 unspecified atom stereocenters. The molecule has 7 rings (SSSR count). The molecule has 0 saturated heterocycles. The highest BCUT2D eigenvalue weighted by atomic mass is 16.4.